The summed E-state index contributed by atoms with van der Waals surface area (Å²) in [7, 11) is 0. The quantitative estimate of drug-likeness (QED) is 0.381. The van der Waals surface area contributed by atoms with Crippen LogP contribution in [0.1, 0.15) is 5.56 Å². The predicted octanol–water partition coefficient (Wildman–Crippen LogP) is 1.73. The number of hydrogen-bond acceptors (Lipinski definition) is 3. The monoisotopic (exact) mass is 280 g/mol. The van der Waals surface area contributed by atoms with E-state index in [2.05, 4.69) is 26.2 Å². The molecule has 0 amide bonds. The van der Waals surface area contributed by atoms with E-state index in [1.165, 1.54) is 0 Å². The van der Waals surface area contributed by atoms with Crippen molar-refractivity contribution in [2.45, 2.75) is 0 Å². The van der Waals surface area contributed by atoms with Crippen molar-refractivity contribution in [2.75, 3.05) is 0 Å². The molecule has 0 fully saturated rings. The summed E-state index contributed by atoms with van der Waals surface area (Å²) in [5.74, 6) is 0.0537. The molecule has 0 radical (unpaired) electrons. The summed E-state index contributed by atoms with van der Waals surface area (Å²) in [4.78, 5) is 0. The molecule has 0 bridgehead atoms. The molecule has 1 heterocycles. The minimum atomic E-state index is 0.0537. The number of nitrogens with two attached hydrogens (primary N) is 1. The third kappa shape index (κ3) is 1.92. The highest BCUT2D eigenvalue weighted by molar-refractivity contribution is 9.10. The summed E-state index contributed by atoms with van der Waals surface area (Å²) >= 11 is 3.37. The van der Waals surface area contributed by atoms with E-state index in [9.17, 15) is 0 Å². The van der Waals surface area contributed by atoms with Gasteiger partial charge in [-0.25, -0.2) is 4.68 Å². The zero-order valence-corrected chi connectivity index (χ0v) is 9.79. The second-order valence-electron chi connectivity index (χ2n) is 3.10. The zero-order chi connectivity index (χ0) is 11.5. The van der Waals surface area contributed by atoms with Crippen molar-refractivity contribution in [1.82, 2.24) is 9.78 Å². The molecule has 0 aliphatic rings. The van der Waals surface area contributed by atoms with Crippen LogP contribution < -0.4 is 5.73 Å². The molecule has 0 atom stereocenters. The zero-order valence-electron chi connectivity index (χ0n) is 8.21. The molecule has 1 aromatic heterocycles. The number of oxime groups is 1. The Hall–Kier alpha value is -1.82. The Balaban J connectivity index is 2.62. The van der Waals surface area contributed by atoms with Gasteiger partial charge in [0.1, 0.15) is 0 Å². The van der Waals surface area contributed by atoms with Crippen LogP contribution in [0.15, 0.2) is 46.3 Å². The van der Waals surface area contributed by atoms with E-state index < -0.39 is 0 Å². The van der Waals surface area contributed by atoms with Crippen LogP contribution in [0, 0.1) is 0 Å². The van der Waals surface area contributed by atoms with Gasteiger partial charge in [0.25, 0.3) is 0 Å². The maximum absolute atomic E-state index is 8.70. The van der Waals surface area contributed by atoms with E-state index >= 15 is 0 Å². The SMILES string of the molecule is N/C(=N/O)c1ccc(Br)cc1-n1cccn1. The minimum absolute atomic E-state index is 0.0537. The van der Waals surface area contributed by atoms with Gasteiger partial charge in [-0.3, -0.25) is 0 Å². The maximum atomic E-state index is 8.70. The van der Waals surface area contributed by atoms with E-state index in [4.69, 9.17) is 10.9 Å². The molecule has 16 heavy (non-hydrogen) atoms. The van der Waals surface area contributed by atoms with Crippen LogP contribution in [-0.4, -0.2) is 20.8 Å². The van der Waals surface area contributed by atoms with Crippen LogP contribution in [0.25, 0.3) is 5.69 Å². The van der Waals surface area contributed by atoms with Crippen molar-refractivity contribution in [3.63, 3.8) is 0 Å². The van der Waals surface area contributed by atoms with Gasteiger partial charge in [-0.1, -0.05) is 21.1 Å². The van der Waals surface area contributed by atoms with Crippen LogP contribution in [0.3, 0.4) is 0 Å². The summed E-state index contributed by atoms with van der Waals surface area (Å²) in [6, 6.07) is 7.23. The number of amidine groups is 1. The molecule has 0 aliphatic carbocycles. The molecular weight excluding hydrogens is 272 g/mol. The van der Waals surface area contributed by atoms with E-state index in [0.717, 1.165) is 10.2 Å². The van der Waals surface area contributed by atoms with E-state index in [-0.39, 0.29) is 5.84 Å². The summed E-state index contributed by atoms with van der Waals surface area (Å²) in [6.45, 7) is 0. The second kappa shape index (κ2) is 4.36. The van der Waals surface area contributed by atoms with Gasteiger partial charge in [-0.05, 0) is 24.3 Å². The number of nitrogens with zero attached hydrogens (tertiary/aromatic N) is 3. The highest BCUT2D eigenvalue weighted by atomic mass is 79.9. The molecule has 0 saturated heterocycles. The Morgan fingerprint density at radius 3 is 2.94 bits per heavy atom. The lowest BCUT2D eigenvalue weighted by atomic mass is 10.1. The van der Waals surface area contributed by atoms with Crippen LogP contribution in [0.5, 0.6) is 0 Å². The fourth-order valence-corrected chi connectivity index (χ4v) is 1.73. The highest BCUT2D eigenvalue weighted by Gasteiger charge is 2.09. The van der Waals surface area contributed by atoms with Crippen molar-refractivity contribution < 1.29 is 5.21 Å². The number of hydrogen-bond donors (Lipinski definition) is 2. The first-order valence-corrected chi connectivity index (χ1v) is 5.29. The number of aromatic nitrogens is 2. The first-order chi connectivity index (χ1) is 7.72. The molecule has 0 aliphatic heterocycles. The maximum Gasteiger partial charge on any atom is 0.172 e. The van der Waals surface area contributed by atoms with Gasteiger partial charge in [0.15, 0.2) is 5.84 Å². The average molecular weight is 281 g/mol. The molecule has 82 valence electrons. The molecular formula is C10H9BrN4O. The van der Waals surface area contributed by atoms with Gasteiger partial charge < -0.3 is 10.9 Å². The Morgan fingerprint density at radius 1 is 1.50 bits per heavy atom. The summed E-state index contributed by atoms with van der Waals surface area (Å²) in [6.07, 6.45) is 3.45. The highest BCUT2D eigenvalue weighted by Crippen LogP contribution is 2.19. The van der Waals surface area contributed by atoms with Crippen molar-refractivity contribution in [2.24, 2.45) is 10.9 Å². The smallest absolute Gasteiger partial charge is 0.172 e. The third-order valence-electron chi connectivity index (χ3n) is 2.09. The van der Waals surface area contributed by atoms with E-state index in [1.807, 2.05) is 12.1 Å². The van der Waals surface area contributed by atoms with Crippen LogP contribution in [-0.2, 0) is 0 Å². The number of benzene rings is 1. The number of halogens is 1. The Labute approximate surface area is 100 Å². The average Bonchev–Trinajstić information content (AvgIpc) is 2.81. The van der Waals surface area contributed by atoms with Gasteiger partial charge in [0.2, 0.25) is 0 Å². The molecule has 5 nitrogen and oxygen atoms in total. The molecule has 1 aromatic carbocycles. The lowest BCUT2D eigenvalue weighted by Crippen LogP contribution is -2.16. The Kier molecular flexibility index (Phi) is 2.91. The van der Waals surface area contributed by atoms with Gasteiger partial charge in [-0.15, -0.1) is 0 Å². The van der Waals surface area contributed by atoms with Gasteiger partial charge in [-0.2, -0.15) is 5.10 Å². The fraction of sp³-hybridized carbons (Fsp3) is 0. The normalized spacial score (nSPS) is 11.7. The van der Waals surface area contributed by atoms with Gasteiger partial charge in [0, 0.05) is 22.4 Å². The van der Waals surface area contributed by atoms with E-state index in [1.54, 1.807) is 29.2 Å². The van der Waals surface area contributed by atoms with Gasteiger partial charge >= 0.3 is 0 Å². The fourth-order valence-electron chi connectivity index (χ4n) is 1.38. The topological polar surface area (TPSA) is 76.4 Å². The molecule has 0 saturated carbocycles. The largest absolute Gasteiger partial charge is 0.409 e. The van der Waals surface area contributed by atoms with Crippen LogP contribution >= 0.6 is 15.9 Å². The molecule has 0 unspecified atom stereocenters. The molecule has 2 aromatic rings. The van der Waals surface area contributed by atoms with Crippen molar-refractivity contribution in [1.29, 1.82) is 0 Å². The summed E-state index contributed by atoms with van der Waals surface area (Å²) < 4.78 is 2.55. The van der Waals surface area contributed by atoms with Crippen LogP contribution in [0.2, 0.25) is 0 Å². The number of rotatable bonds is 2. The summed E-state index contributed by atoms with van der Waals surface area (Å²) in [5.41, 5.74) is 6.96. The minimum Gasteiger partial charge on any atom is -0.409 e. The summed E-state index contributed by atoms with van der Waals surface area (Å²) in [5, 5.41) is 15.8. The molecule has 6 heteroatoms. The van der Waals surface area contributed by atoms with Gasteiger partial charge in [0.05, 0.1) is 5.69 Å². The standard InChI is InChI=1S/C10H9BrN4O/c11-7-2-3-8(10(12)14-16)9(6-7)15-5-1-4-13-15/h1-6,16H,(H2,12,14). The lowest BCUT2D eigenvalue weighted by molar-refractivity contribution is 0.318. The molecule has 3 N–H and O–H groups in total. The first kappa shape index (κ1) is 10.7. The predicted molar refractivity (Wildman–Crippen MR) is 63.8 cm³/mol. The van der Waals surface area contributed by atoms with Crippen molar-refractivity contribution >= 4 is 21.8 Å². The molecule has 0 spiro atoms. The molecule has 2 rings (SSSR count). The second-order valence-corrected chi connectivity index (χ2v) is 4.01. The van der Waals surface area contributed by atoms with Crippen LogP contribution in [0.4, 0.5) is 0 Å². The third-order valence-corrected chi connectivity index (χ3v) is 2.59. The first-order valence-electron chi connectivity index (χ1n) is 4.50. The lowest BCUT2D eigenvalue weighted by Gasteiger charge is -2.08. The van der Waals surface area contributed by atoms with Crippen molar-refractivity contribution in [3.05, 3.63) is 46.7 Å². The Bertz CT molecular complexity index is 522. The van der Waals surface area contributed by atoms with E-state index in [0.29, 0.717) is 5.56 Å². The Morgan fingerprint density at radius 2 is 2.31 bits per heavy atom. The van der Waals surface area contributed by atoms with Crippen molar-refractivity contribution in [3.8, 4) is 5.69 Å².